The summed E-state index contributed by atoms with van der Waals surface area (Å²) in [5, 5.41) is 2.79. The van der Waals surface area contributed by atoms with Crippen molar-refractivity contribution in [1.82, 2.24) is 14.5 Å². The normalized spacial score (nSPS) is 16.9. The molecule has 1 aromatic carbocycles. The van der Waals surface area contributed by atoms with Gasteiger partial charge in [-0.2, -0.15) is 0 Å². The van der Waals surface area contributed by atoms with Crippen molar-refractivity contribution in [2.75, 3.05) is 5.32 Å². The minimum Gasteiger partial charge on any atom is -0.326 e. The van der Waals surface area contributed by atoms with Gasteiger partial charge >= 0.3 is 0 Å². The number of aromatic nitrogens is 3. The van der Waals surface area contributed by atoms with Gasteiger partial charge in [-0.15, -0.1) is 0 Å². The number of amides is 1. The van der Waals surface area contributed by atoms with Gasteiger partial charge in [-0.3, -0.25) is 14.6 Å². The molecule has 1 amide bonds. The molecular weight excluding hydrogens is 304 g/mol. The molecule has 3 heterocycles. The summed E-state index contributed by atoms with van der Waals surface area (Å²) in [6.45, 7) is 2.54. The summed E-state index contributed by atoms with van der Waals surface area (Å²) in [6.07, 6.45) is 3.52. The second-order valence-electron chi connectivity index (χ2n) is 5.94. The Hall–Kier alpha value is -3.02. The van der Waals surface area contributed by atoms with Crippen LogP contribution in [0.15, 0.2) is 42.7 Å². The van der Waals surface area contributed by atoms with Gasteiger partial charge in [-0.1, -0.05) is 12.1 Å². The number of pyridine rings is 1. The van der Waals surface area contributed by atoms with E-state index in [-0.39, 0.29) is 11.7 Å². The number of para-hydroxylation sites is 1. The molecule has 1 unspecified atom stereocenters. The summed E-state index contributed by atoms with van der Waals surface area (Å²) >= 11 is 0. The highest BCUT2D eigenvalue weighted by atomic mass is 16.2. The lowest BCUT2D eigenvalue weighted by molar-refractivity contribution is -0.128. The number of benzene rings is 1. The van der Waals surface area contributed by atoms with E-state index in [0.29, 0.717) is 24.5 Å². The number of nitrogens with one attached hydrogen (secondary N) is 1. The van der Waals surface area contributed by atoms with Crippen molar-refractivity contribution in [1.29, 1.82) is 0 Å². The molecule has 0 fully saturated rings. The molecule has 0 spiro atoms. The molecule has 1 N–H and O–H groups in total. The number of nitrogens with zero attached hydrogens (tertiary/aromatic N) is 3. The maximum atomic E-state index is 12.7. The smallest absolute Gasteiger partial charge is 0.242 e. The molecule has 0 aliphatic carbocycles. The Labute approximate surface area is 138 Å². The first-order valence-electron chi connectivity index (χ1n) is 7.84. The van der Waals surface area contributed by atoms with Crippen LogP contribution in [0.25, 0.3) is 11.0 Å². The van der Waals surface area contributed by atoms with Crippen LogP contribution in [0, 0.1) is 6.92 Å². The molecule has 0 bridgehead atoms. The van der Waals surface area contributed by atoms with Crippen LogP contribution in [-0.2, 0) is 16.1 Å². The number of rotatable bonds is 2. The molecule has 3 aromatic rings. The first-order chi connectivity index (χ1) is 11.6. The Morgan fingerprint density at radius 3 is 2.83 bits per heavy atom. The Bertz CT molecular complexity index is 946. The van der Waals surface area contributed by atoms with E-state index >= 15 is 0 Å². The van der Waals surface area contributed by atoms with Crippen LogP contribution in [0.5, 0.6) is 0 Å². The molecule has 1 atom stereocenters. The molecule has 6 nitrogen and oxygen atoms in total. The third kappa shape index (κ3) is 2.27. The fraction of sp³-hybridized carbons (Fsp3) is 0.222. The van der Waals surface area contributed by atoms with Crippen LogP contribution in [0.3, 0.4) is 0 Å². The van der Waals surface area contributed by atoms with Gasteiger partial charge in [-0.25, -0.2) is 4.98 Å². The summed E-state index contributed by atoms with van der Waals surface area (Å²) in [7, 11) is 0. The van der Waals surface area contributed by atoms with Crippen LogP contribution in [-0.4, -0.2) is 26.2 Å². The van der Waals surface area contributed by atoms with Crippen LogP contribution in [0.4, 0.5) is 5.69 Å². The molecule has 6 heteroatoms. The largest absolute Gasteiger partial charge is 0.326 e. The van der Waals surface area contributed by atoms with Crippen molar-refractivity contribution >= 4 is 28.4 Å². The number of aryl methyl sites for hydroxylation is 2. The number of imidazole rings is 1. The van der Waals surface area contributed by atoms with Gasteiger partial charge in [0.15, 0.2) is 11.7 Å². The number of anilines is 1. The topological polar surface area (TPSA) is 76.9 Å². The fourth-order valence-corrected chi connectivity index (χ4v) is 3.18. The lowest BCUT2D eigenvalue weighted by atomic mass is 9.96. The number of hydrogen-bond acceptors (Lipinski definition) is 4. The Kier molecular flexibility index (Phi) is 3.37. The molecular formula is C18H16N4O2. The number of ketones is 1. The van der Waals surface area contributed by atoms with Gasteiger partial charge < -0.3 is 9.88 Å². The molecule has 0 saturated carbocycles. The van der Waals surface area contributed by atoms with Gasteiger partial charge in [0.05, 0.1) is 11.0 Å². The summed E-state index contributed by atoms with van der Waals surface area (Å²) in [5.41, 5.74) is 3.48. The second kappa shape index (κ2) is 5.56. The minimum absolute atomic E-state index is 0.0954. The zero-order valence-electron chi connectivity index (χ0n) is 13.2. The summed E-state index contributed by atoms with van der Waals surface area (Å²) < 4.78 is 1.99. The molecule has 1 aliphatic rings. The summed E-state index contributed by atoms with van der Waals surface area (Å²) in [5.74, 6) is -0.789. The van der Waals surface area contributed by atoms with Crippen molar-refractivity contribution in [3.8, 4) is 0 Å². The van der Waals surface area contributed by atoms with Gasteiger partial charge in [0.25, 0.3) is 0 Å². The lowest BCUT2D eigenvalue weighted by Gasteiger charge is -2.22. The lowest BCUT2D eigenvalue weighted by Crippen LogP contribution is -2.34. The fourth-order valence-electron chi connectivity index (χ4n) is 3.18. The van der Waals surface area contributed by atoms with Crippen LogP contribution >= 0.6 is 0 Å². The highest BCUT2D eigenvalue weighted by Gasteiger charge is 2.36. The Morgan fingerprint density at radius 1 is 1.25 bits per heavy atom. The van der Waals surface area contributed by atoms with E-state index in [9.17, 15) is 9.59 Å². The monoisotopic (exact) mass is 320 g/mol. The van der Waals surface area contributed by atoms with E-state index in [1.54, 1.807) is 24.5 Å². The molecule has 24 heavy (non-hydrogen) atoms. The highest BCUT2D eigenvalue weighted by Crippen LogP contribution is 2.30. The summed E-state index contributed by atoms with van der Waals surface area (Å²) in [4.78, 5) is 33.7. The van der Waals surface area contributed by atoms with Gasteiger partial charge in [0.2, 0.25) is 5.91 Å². The van der Waals surface area contributed by atoms with E-state index in [4.69, 9.17) is 0 Å². The van der Waals surface area contributed by atoms with E-state index in [0.717, 1.165) is 16.6 Å². The predicted molar refractivity (Wildman–Crippen MR) is 89.7 cm³/mol. The van der Waals surface area contributed by atoms with Crippen molar-refractivity contribution in [2.24, 2.45) is 0 Å². The van der Waals surface area contributed by atoms with Gasteiger partial charge in [0, 0.05) is 31.0 Å². The van der Waals surface area contributed by atoms with E-state index < -0.39 is 5.92 Å². The second-order valence-corrected chi connectivity index (χ2v) is 5.94. The van der Waals surface area contributed by atoms with Gasteiger partial charge in [-0.05, 0) is 30.7 Å². The zero-order valence-corrected chi connectivity index (χ0v) is 13.2. The molecule has 2 aromatic heterocycles. The summed E-state index contributed by atoms with van der Waals surface area (Å²) in [6, 6.07) is 9.31. The van der Waals surface area contributed by atoms with Crippen molar-refractivity contribution < 1.29 is 9.59 Å². The maximum Gasteiger partial charge on any atom is 0.242 e. The van der Waals surface area contributed by atoms with Crippen LogP contribution < -0.4 is 5.32 Å². The number of fused-ring (bicyclic) bond motifs is 3. The average molecular weight is 320 g/mol. The van der Waals surface area contributed by atoms with E-state index in [1.807, 2.05) is 29.7 Å². The quantitative estimate of drug-likeness (QED) is 0.736. The van der Waals surface area contributed by atoms with Crippen molar-refractivity contribution in [3.05, 3.63) is 54.1 Å². The number of carbonyl (C=O) groups is 2. The highest BCUT2D eigenvalue weighted by molar-refractivity contribution is 6.12. The zero-order chi connectivity index (χ0) is 16.7. The van der Waals surface area contributed by atoms with Crippen molar-refractivity contribution in [3.63, 3.8) is 0 Å². The maximum absolute atomic E-state index is 12.7. The van der Waals surface area contributed by atoms with Crippen LogP contribution in [0.1, 0.15) is 23.7 Å². The molecule has 4 rings (SSSR count). The molecule has 120 valence electrons. The Balaban J connectivity index is 1.77. The predicted octanol–water partition coefficient (Wildman–Crippen LogP) is 2.43. The van der Waals surface area contributed by atoms with Crippen molar-refractivity contribution in [2.45, 2.75) is 25.8 Å². The third-order valence-corrected chi connectivity index (χ3v) is 4.38. The first kappa shape index (κ1) is 14.6. The average Bonchev–Trinajstić information content (AvgIpc) is 2.95. The van der Waals surface area contributed by atoms with Crippen LogP contribution in [0.2, 0.25) is 0 Å². The standard InChI is InChI=1S/C18H16N4O2/c1-11-3-2-4-13-16(11)21-17-15(14(23)7-10-22(13)17)18(24)20-12-5-8-19-9-6-12/h2-6,8-9,15H,7,10H2,1H3,(H,19,20,24). The van der Waals surface area contributed by atoms with E-state index in [2.05, 4.69) is 15.3 Å². The SMILES string of the molecule is Cc1cccc2c1nc1n2CCC(=O)C1C(=O)Nc1ccncc1. The number of hydrogen-bond donors (Lipinski definition) is 1. The minimum atomic E-state index is -0.876. The number of Topliss-reactive ketones (excluding diaryl/α,β-unsaturated/α-hetero) is 1. The first-order valence-corrected chi connectivity index (χ1v) is 7.84. The number of carbonyl (C=O) groups excluding carboxylic acids is 2. The van der Waals surface area contributed by atoms with Gasteiger partial charge in [0.1, 0.15) is 5.82 Å². The molecule has 0 saturated heterocycles. The molecule has 1 aliphatic heterocycles. The third-order valence-electron chi connectivity index (χ3n) is 4.38. The molecule has 0 radical (unpaired) electrons. The van der Waals surface area contributed by atoms with E-state index in [1.165, 1.54) is 0 Å². The Morgan fingerprint density at radius 2 is 2.04 bits per heavy atom.